The number of alkyl halides is 1. The lowest BCUT2D eigenvalue weighted by Crippen LogP contribution is -2.19. The van der Waals surface area contributed by atoms with Crippen molar-refractivity contribution in [2.75, 3.05) is 0 Å². The minimum atomic E-state index is -1.41. The number of nitrogens with zero attached hydrogens (tertiary/aromatic N) is 2. The van der Waals surface area contributed by atoms with Gasteiger partial charge in [-0.2, -0.15) is 5.26 Å². The molecular weight excluding hydrogens is 311 g/mol. The highest BCUT2D eigenvalue weighted by Gasteiger charge is 2.34. The van der Waals surface area contributed by atoms with Crippen molar-refractivity contribution < 1.29 is 4.92 Å². The zero-order valence-corrected chi connectivity index (χ0v) is 12.5. The van der Waals surface area contributed by atoms with Crippen LogP contribution in [0, 0.1) is 28.4 Å². The first-order valence-corrected chi connectivity index (χ1v) is 6.76. The largest absolute Gasteiger partial charge is 0.269 e. The molecule has 2 rings (SSSR count). The SMILES string of the molecule is Cc1cc([N+](=O)[O-])ccc1C(Cl)(C#N)c1ccc(Cl)cc1. The van der Waals surface area contributed by atoms with Crippen molar-refractivity contribution in [1.29, 1.82) is 5.26 Å². The van der Waals surface area contributed by atoms with Crippen LogP contribution in [0.5, 0.6) is 0 Å². The fourth-order valence-corrected chi connectivity index (χ4v) is 2.57. The van der Waals surface area contributed by atoms with Crippen molar-refractivity contribution in [3.63, 3.8) is 0 Å². The summed E-state index contributed by atoms with van der Waals surface area (Å²) in [6, 6.07) is 12.9. The highest BCUT2D eigenvalue weighted by atomic mass is 35.5. The third-order valence-electron chi connectivity index (χ3n) is 3.19. The lowest BCUT2D eigenvalue weighted by molar-refractivity contribution is -0.384. The third kappa shape index (κ3) is 2.85. The molecule has 2 aromatic rings. The molecule has 0 heterocycles. The molecule has 0 saturated carbocycles. The fourth-order valence-electron chi connectivity index (χ4n) is 2.11. The maximum absolute atomic E-state index is 10.8. The first-order valence-electron chi connectivity index (χ1n) is 6.00. The van der Waals surface area contributed by atoms with E-state index in [0.29, 0.717) is 21.7 Å². The lowest BCUT2D eigenvalue weighted by Gasteiger charge is -2.22. The Bertz CT molecular complexity index is 738. The van der Waals surface area contributed by atoms with E-state index in [4.69, 9.17) is 23.2 Å². The Morgan fingerprint density at radius 3 is 2.33 bits per heavy atom. The van der Waals surface area contributed by atoms with E-state index in [1.54, 1.807) is 31.2 Å². The number of hydrogen-bond acceptors (Lipinski definition) is 3. The second kappa shape index (κ2) is 5.72. The molecule has 0 spiro atoms. The Kier molecular flexibility index (Phi) is 4.17. The van der Waals surface area contributed by atoms with E-state index in [-0.39, 0.29) is 5.69 Å². The van der Waals surface area contributed by atoms with Crippen LogP contribution in [-0.2, 0) is 4.87 Å². The van der Waals surface area contributed by atoms with Crippen molar-refractivity contribution in [2.24, 2.45) is 0 Å². The minimum absolute atomic E-state index is 0.0377. The van der Waals surface area contributed by atoms with Gasteiger partial charge in [0.1, 0.15) is 0 Å². The number of nitro groups is 1. The van der Waals surface area contributed by atoms with Gasteiger partial charge in [-0.05, 0) is 41.8 Å². The molecule has 4 nitrogen and oxygen atoms in total. The Labute approximate surface area is 131 Å². The number of halogens is 2. The molecule has 106 valence electrons. The van der Waals surface area contributed by atoms with Crippen molar-refractivity contribution >= 4 is 28.9 Å². The maximum atomic E-state index is 10.8. The number of nitriles is 1. The average molecular weight is 321 g/mol. The van der Waals surface area contributed by atoms with E-state index in [1.165, 1.54) is 18.2 Å². The van der Waals surface area contributed by atoms with Crippen LogP contribution in [0.1, 0.15) is 16.7 Å². The number of hydrogen-bond donors (Lipinski definition) is 0. The van der Waals surface area contributed by atoms with Gasteiger partial charge in [0, 0.05) is 17.2 Å². The van der Waals surface area contributed by atoms with Gasteiger partial charge in [0.15, 0.2) is 4.87 Å². The Hall–Kier alpha value is -2.09. The van der Waals surface area contributed by atoms with Gasteiger partial charge >= 0.3 is 0 Å². The quantitative estimate of drug-likeness (QED) is 0.473. The summed E-state index contributed by atoms with van der Waals surface area (Å²) in [5, 5.41) is 20.8. The summed E-state index contributed by atoms with van der Waals surface area (Å²) < 4.78 is 0. The average Bonchev–Trinajstić information content (AvgIpc) is 2.47. The van der Waals surface area contributed by atoms with Gasteiger partial charge in [-0.3, -0.25) is 10.1 Å². The van der Waals surface area contributed by atoms with Gasteiger partial charge < -0.3 is 0 Å². The monoisotopic (exact) mass is 320 g/mol. The van der Waals surface area contributed by atoms with Gasteiger partial charge in [-0.15, -0.1) is 0 Å². The summed E-state index contributed by atoms with van der Waals surface area (Å²) in [5.74, 6) is 0. The zero-order chi connectivity index (χ0) is 15.6. The topological polar surface area (TPSA) is 66.9 Å². The highest BCUT2D eigenvalue weighted by molar-refractivity contribution is 6.31. The van der Waals surface area contributed by atoms with E-state index in [9.17, 15) is 15.4 Å². The molecule has 21 heavy (non-hydrogen) atoms. The van der Waals surface area contributed by atoms with Gasteiger partial charge in [0.25, 0.3) is 5.69 Å². The Balaban J connectivity index is 2.58. The summed E-state index contributed by atoms with van der Waals surface area (Å²) in [6.45, 7) is 1.69. The molecule has 0 aliphatic heterocycles. The summed E-state index contributed by atoms with van der Waals surface area (Å²) in [5.41, 5.74) is 1.62. The molecule has 0 aliphatic carbocycles. The van der Waals surface area contributed by atoms with Gasteiger partial charge in [-0.1, -0.05) is 35.3 Å². The molecule has 0 saturated heterocycles. The normalized spacial score (nSPS) is 13.2. The van der Waals surface area contributed by atoms with Gasteiger partial charge in [-0.25, -0.2) is 0 Å². The highest BCUT2D eigenvalue weighted by Crippen LogP contribution is 2.39. The van der Waals surface area contributed by atoms with E-state index in [0.717, 1.165) is 0 Å². The molecule has 0 fully saturated rings. The second-order valence-electron chi connectivity index (χ2n) is 4.53. The van der Waals surface area contributed by atoms with Crippen molar-refractivity contribution in [3.8, 4) is 6.07 Å². The van der Waals surface area contributed by atoms with Crippen molar-refractivity contribution in [3.05, 3.63) is 74.3 Å². The van der Waals surface area contributed by atoms with E-state index in [1.807, 2.05) is 0 Å². The Morgan fingerprint density at radius 1 is 1.24 bits per heavy atom. The molecular formula is C15H10Cl2N2O2. The molecule has 0 bridgehead atoms. The molecule has 2 aromatic carbocycles. The van der Waals surface area contributed by atoms with Crippen LogP contribution in [0.3, 0.4) is 0 Å². The smallest absolute Gasteiger partial charge is 0.258 e. The molecule has 0 amide bonds. The molecule has 0 aromatic heterocycles. The number of rotatable bonds is 3. The van der Waals surface area contributed by atoms with Crippen molar-refractivity contribution in [2.45, 2.75) is 11.8 Å². The molecule has 1 atom stereocenters. The molecule has 0 radical (unpaired) electrons. The van der Waals surface area contributed by atoms with E-state index in [2.05, 4.69) is 6.07 Å². The van der Waals surface area contributed by atoms with Crippen LogP contribution in [0.25, 0.3) is 0 Å². The van der Waals surface area contributed by atoms with Crippen LogP contribution < -0.4 is 0 Å². The number of non-ortho nitro benzene ring substituents is 1. The molecule has 0 aliphatic rings. The summed E-state index contributed by atoms with van der Waals surface area (Å²) >= 11 is 12.3. The number of aryl methyl sites for hydroxylation is 1. The van der Waals surface area contributed by atoms with Gasteiger partial charge in [0.05, 0.1) is 11.0 Å². The number of benzene rings is 2. The Morgan fingerprint density at radius 2 is 1.86 bits per heavy atom. The standard InChI is InChI=1S/C15H10Cl2N2O2/c1-10-8-13(19(20)21)6-7-14(10)15(17,9-18)11-2-4-12(16)5-3-11/h2-8H,1H3. The molecule has 1 unspecified atom stereocenters. The van der Waals surface area contributed by atoms with Crippen LogP contribution in [0.15, 0.2) is 42.5 Å². The summed E-state index contributed by atoms with van der Waals surface area (Å²) in [7, 11) is 0. The first kappa shape index (κ1) is 15.3. The van der Waals surface area contributed by atoms with E-state index < -0.39 is 9.80 Å². The minimum Gasteiger partial charge on any atom is -0.258 e. The summed E-state index contributed by atoms with van der Waals surface area (Å²) in [6.07, 6.45) is 0. The summed E-state index contributed by atoms with van der Waals surface area (Å²) in [4.78, 5) is 8.89. The zero-order valence-electron chi connectivity index (χ0n) is 11.0. The first-order chi connectivity index (χ1) is 9.88. The van der Waals surface area contributed by atoms with Crippen LogP contribution in [0.4, 0.5) is 5.69 Å². The van der Waals surface area contributed by atoms with Crippen LogP contribution >= 0.6 is 23.2 Å². The number of nitro benzene ring substituents is 1. The van der Waals surface area contributed by atoms with Gasteiger partial charge in [0.2, 0.25) is 0 Å². The maximum Gasteiger partial charge on any atom is 0.269 e. The van der Waals surface area contributed by atoms with Crippen LogP contribution in [-0.4, -0.2) is 4.92 Å². The third-order valence-corrected chi connectivity index (χ3v) is 3.95. The predicted octanol–water partition coefficient (Wildman–Crippen LogP) is 4.56. The second-order valence-corrected chi connectivity index (χ2v) is 5.54. The van der Waals surface area contributed by atoms with E-state index >= 15 is 0 Å². The fraction of sp³-hybridized carbons (Fsp3) is 0.133. The van der Waals surface area contributed by atoms with Crippen molar-refractivity contribution in [1.82, 2.24) is 0 Å². The van der Waals surface area contributed by atoms with Crippen LogP contribution in [0.2, 0.25) is 5.02 Å². The molecule has 0 N–H and O–H groups in total. The molecule has 6 heteroatoms. The predicted molar refractivity (Wildman–Crippen MR) is 81.5 cm³/mol. The lowest BCUT2D eigenvalue weighted by atomic mass is 9.88.